The zero-order valence-corrected chi connectivity index (χ0v) is 5.60. The minimum absolute atomic E-state index is 0.0972. The number of piperidine rings is 1. The lowest BCUT2D eigenvalue weighted by Crippen LogP contribution is -2.31. The fourth-order valence-electron chi connectivity index (χ4n) is 1.86. The Hall–Kier alpha value is -0.710. The van der Waals surface area contributed by atoms with E-state index in [4.69, 9.17) is 5.11 Å². The molecule has 1 aliphatic heterocycles. The average Bonchev–Trinajstić information content (AvgIpc) is 2.25. The van der Waals surface area contributed by atoms with Crippen molar-refractivity contribution in [2.24, 2.45) is 11.3 Å². The Bertz CT molecular complexity index is 231. The normalized spacial score (nSPS) is 45.1. The molecule has 5 heteroatoms. The van der Waals surface area contributed by atoms with Crippen LogP contribution in [0.2, 0.25) is 0 Å². The van der Waals surface area contributed by atoms with Crippen LogP contribution in [0.25, 0.3) is 0 Å². The quantitative estimate of drug-likeness (QED) is 0.568. The van der Waals surface area contributed by atoms with E-state index in [-0.39, 0.29) is 13.1 Å². The maximum atomic E-state index is 12.7. The van der Waals surface area contributed by atoms with E-state index in [0.29, 0.717) is 0 Å². The molecule has 2 N–H and O–H groups in total. The molecule has 2 unspecified atom stereocenters. The first kappa shape index (κ1) is 6.97. The van der Waals surface area contributed by atoms with E-state index in [1.807, 2.05) is 0 Å². The zero-order chi connectivity index (χ0) is 8.28. The molecule has 0 bridgehead atoms. The first-order chi connectivity index (χ1) is 5.03. The van der Waals surface area contributed by atoms with Gasteiger partial charge in [0.25, 0.3) is 5.92 Å². The predicted molar refractivity (Wildman–Crippen MR) is 31.4 cm³/mol. The van der Waals surface area contributed by atoms with Gasteiger partial charge < -0.3 is 10.4 Å². The van der Waals surface area contributed by atoms with Gasteiger partial charge in [-0.15, -0.1) is 0 Å². The molecular weight excluding hydrogens is 156 g/mol. The van der Waals surface area contributed by atoms with Gasteiger partial charge in [0.15, 0.2) is 5.41 Å². The van der Waals surface area contributed by atoms with E-state index in [1.165, 1.54) is 0 Å². The van der Waals surface area contributed by atoms with Gasteiger partial charge in [-0.25, -0.2) is 8.78 Å². The van der Waals surface area contributed by atoms with Gasteiger partial charge in [0.1, 0.15) is 0 Å². The maximum Gasteiger partial charge on any atom is 0.317 e. The number of halogens is 2. The van der Waals surface area contributed by atoms with E-state index >= 15 is 0 Å². The summed E-state index contributed by atoms with van der Waals surface area (Å²) >= 11 is 0. The number of carboxylic acid groups (broad SMARTS) is 1. The smallest absolute Gasteiger partial charge is 0.317 e. The number of alkyl halides is 2. The molecule has 2 aliphatic rings. The first-order valence-corrected chi connectivity index (χ1v) is 3.35. The molecule has 2 fully saturated rings. The topological polar surface area (TPSA) is 49.3 Å². The summed E-state index contributed by atoms with van der Waals surface area (Å²) in [7, 11) is 0. The van der Waals surface area contributed by atoms with Crippen LogP contribution in [-0.4, -0.2) is 30.1 Å². The van der Waals surface area contributed by atoms with Crippen molar-refractivity contribution in [1.29, 1.82) is 0 Å². The molecule has 0 aromatic rings. The minimum atomic E-state index is -2.98. The van der Waals surface area contributed by atoms with Crippen LogP contribution in [0.15, 0.2) is 0 Å². The van der Waals surface area contributed by atoms with E-state index in [0.717, 1.165) is 0 Å². The molecule has 3 nitrogen and oxygen atoms in total. The Morgan fingerprint density at radius 3 is 2.55 bits per heavy atom. The standard InChI is InChI=1S/C6H7F2NO2/c7-6(8)3-1-9-2-5(3,6)4(10)11/h3,9H,1-2H2,(H,10,11). The van der Waals surface area contributed by atoms with Gasteiger partial charge in [0, 0.05) is 13.1 Å². The summed E-state index contributed by atoms with van der Waals surface area (Å²) in [5.74, 6) is -5.34. The highest BCUT2D eigenvalue weighted by Crippen LogP contribution is 2.67. The Balaban J connectivity index is 2.33. The van der Waals surface area contributed by atoms with Crippen molar-refractivity contribution in [3.05, 3.63) is 0 Å². The lowest BCUT2D eigenvalue weighted by Gasteiger charge is -2.07. The lowest BCUT2D eigenvalue weighted by molar-refractivity contribution is -0.147. The van der Waals surface area contributed by atoms with Gasteiger partial charge in [-0.05, 0) is 0 Å². The van der Waals surface area contributed by atoms with Gasteiger partial charge in [-0.1, -0.05) is 0 Å². The predicted octanol–water partition coefficient (Wildman–Crippen LogP) is -0.0743. The van der Waals surface area contributed by atoms with Crippen LogP contribution >= 0.6 is 0 Å². The maximum absolute atomic E-state index is 12.7. The van der Waals surface area contributed by atoms with Crippen LogP contribution in [0.4, 0.5) is 8.78 Å². The second-order valence-corrected chi connectivity index (χ2v) is 3.08. The van der Waals surface area contributed by atoms with Gasteiger partial charge in [0.05, 0.1) is 5.92 Å². The summed E-state index contributed by atoms with van der Waals surface area (Å²) < 4.78 is 25.5. The van der Waals surface area contributed by atoms with Crippen molar-refractivity contribution < 1.29 is 18.7 Å². The number of aliphatic carboxylic acids is 1. The number of rotatable bonds is 1. The Morgan fingerprint density at radius 1 is 1.64 bits per heavy atom. The van der Waals surface area contributed by atoms with Gasteiger partial charge in [0.2, 0.25) is 0 Å². The molecule has 2 atom stereocenters. The number of carbonyl (C=O) groups is 1. The fraction of sp³-hybridized carbons (Fsp3) is 0.833. The van der Waals surface area contributed by atoms with Crippen molar-refractivity contribution >= 4 is 5.97 Å². The Kier molecular flexibility index (Phi) is 0.982. The monoisotopic (exact) mass is 163 g/mol. The Labute approximate surface area is 61.4 Å². The molecule has 1 saturated heterocycles. The van der Waals surface area contributed by atoms with Crippen molar-refractivity contribution in [1.82, 2.24) is 5.32 Å². The largest absolute Gasteiger partial charge is 0.481 e. The molecule has 0 spiro atoms. The van der Waals surface area contributed by atoms with E-state index in [9.17, 15) is 13.6 Å². The minimum Gasteiger partial charge on any atom is -0.481 e. The van der Waals surface area contributed by atoms with Crippen molar-refractivity contribution in [2.45, 2.75) is 5.92 Å². The third kappa shape index (κ3) is 0.504. The molecule has 1 heterocycles. The Morgan fingerprint density at radius 2 is 2.27 bits per heavy atom. The molecule has 0 aromatic carbocycles. The highest BCUT2D eigenvalue weighted by molar-refractivity contribution is 5.82. The number of fused-ring (bicyclic) bond motifs is 1. The molecule has 1 aliphatic carbocycles. The third-order valence-electron chi connectivity index (χ3n) is 2.68. The van der Waals surface area contributed by atoms with Crippen molar-refractivity contribution in [2.75, 3.05) is 13.1 Å². The summed E-state index contributed by atoms with van der Waals surface area (Å²) in [5, 5.41) is 11.2. The lowest BCUT2D eigenvalue weighted by atomic mass is 10.1. The van der Waals surface area contributed by atoms with Crippen molar-refractivity contribution in [3.63, 3.8) is 0 Å². The molecule has 0 radical (unpaired) electrons. The van der Waals surface area contributed by atoms with Gasteiger partial charge >= 0.3 is 5.97 Å². The highest BCUT2D eigenvalue weighted by Gasteiger charge is 2.86. The number of carboxylic acids is 1. The fourth-order valence-corrected chi connectivity index (χ4v) is 1.86. The van der Waals surface area contributed by atoms with E-state index < -0.39 is 23.2 Å². The van der Waals surface area contributed by atoms with Crippen LogP contribution in [0.1, 0.15) is 0 Å². The summed E-state index contributed by atoms with van der Waals surface area (Å²) in [5.41, 5.74) is -1.77. The molecule has 0 amide bonds. The molecular formula is C6H7F2NO2. The highest BCUT2D eigenvalue weighted by atomic mass is 19.3. The van der Waals surface area contributed by atoms with E-state index in [1.54, 1.807) is 0 Å². The summed E-state index contributed by atoms with van der Waals surface area (Å²) in [4.78, 5) is 10.5. The van der Waals surface area contributed by atoms with Crippen LogP contribution < -0.4 is 5.32 Å². The second-order valence-electron chi connectivity index (χ2n) is 3.08. The van der Waals surface area contributed by atoms with Gasteiger partial charge in [-0.3, -0.25) is 4.79 Å². The van der Waals surface area contributed by atoms with E-state index in [2.05, 4.69) is 5.32 Å². The SMILES string of the molecule is O=C(O)C12CNCC1C2(F)F. The van der Waals surface area contributed by atoms with Crippen LogP contribution in [0, 0.1) is 11.3 Å². The number of nitrogens with one attached hydrogen (secondary N) is 1. The third-order valence-corrected chi connectivity index (χ3v) is 2.68. The number of hydrogen-bond donors (Lipinski definition) is 2. The molecule has 1 saturated carbocycles. The second kappa shape index (κ2) is 1.55. The summed E-state index contributed by atoms with van der Waals surface area (Å²) in [6.45, 7) is 0.0271. The summed E-state index contributed by atoms with van der Waals surface area (Å²) in [6.07, 6.45) is 0. The first-order valence-electron chi connectivity index (χ1n) is 3.35. The number of hydrogen-bond acceptors (Lipinski definition) is 2. The summed E-state index contributed by atoms with van der Waals surface area (Å²) in [6, 6.07) is 0. The molecule has 2 rings (SSSR count). The average molecular weight is 163 g/mol. The zero-order valence-electron chi connectivity index (χ0n) is 5.60. The van der Waals surface area contributed by atoms with Gasteiger partial charge in [-0.2, -0.15) is 0 Å². The van der Waals surface area contributed by atoms with Crippen LogP contribution in [-0.2, 0) is 4.79 Å². The molecule has 0 aromatic heterocycles. The molecule has 62 valence electrons. The van der Waals surface area contributed by atoms with Crippen molar-refractivity contribution in [3.8, 4) is 0 Å². The van der Waals surface area contributed by atoms with Crippen LogP contribution in [0.3, 0.4) is 0 Å². The molecule has 11 heavy (non-hydrogen) atoms. The van der Waals surface area contributed by atoms with Crippen LogP contribution in [0.5, 0.6) is 0 Å².